The summed E-state index contributed by atoms with van der Waals surface area (Å²) in [5.41, 5.74) is 2.98. The maximum Gasteiger partial charge on any atom is 0.227 e. The summed E-state index contributed by atoms with van der Waals surface area (Å²) in [7, 11) is 0. The number of nitrogens with one attached hydrogen (secondary N) is 2. The standard InChI is InChI=1S/C28H26N6O2/c35-27(33-23-15-29-25(30-16-23)19-7-3-1-4-8-19)21-11-13-22(14-12-21)28(36)34-24-17-31-26(32-18-24)20-9-5-2-6-10-20/h1-10,15-18,21-22H,11-14H2,(H,33,35)(H,34,36). The van der Waals surface area contributed by atoms with Crippen molar-refractivity contribution in [2.75, 3.05) is 10.6 Å². The lowest BCUT2D eigenvalue weighted by Gasteiger charge is -2.27. The average molecular weight is 479 g/mol. The summed E-state index contributed by atoms with van der Waals surface area (Å²) in [6.45, 7) is 0. The molecule has 8 nitrogen and oxygen atoms in total. The highest BCUT2D eigenvalue weighted by atomic mass is 16.2. The Morgan fingerprint density at radius 3 is 1.22 bits per heavy atom. The Morgan fingerprint density at radius 1 is 0.556 bits per heavy atom. The van der Waals surface area contributed by atoms with E-state index in [2.05, 4.69) is 30.6 Å². The van der Waals surface area contributed by atoms with Gasteiger partial charge in [0.25, 0.3) is 0 Å². The van der Waals surface area contributed by atoms with Crippen molar-refractivity contribution in [2.45, 2.75) is 25.7 Å². The van der Waals surface area contributed by atoms with E-state index in [1.807, 2.05) is 60.7 Å². The highest BCUT2D eigenvalue weighted by Crippen LogP contribution is 2.30. The number of amides is 2. The molecule has 0 bridgehead atoms. The fourth-order valence-electron chi connectivity index (χ4n) is 4.36. The smallest absolute Gasteiger partial charge is 0.227 e. The first-order valence-corrected chi connectivity index (χ1v) is 12.0. The van der Waals surface area contributed by atoms with Gasteiger partial charge in [-0.25, -0.2) is 19.9 Å². The molecular formula is C28H26N6O2. The lowest BCUT2D eigenvalue weighted by Crippen LogP contribution is -2.32. The van der Waals surface area contributed by atoms with E-state index in [0.717, 1.165) is 11.1 Å². The van der Waals surface area contributed by atoms with Gasteiger partial charge in [0.2, 0.25) is 11.8 Å². The number of hydrogen-bond donors (Lipinski definition) is 2. The van der Waals surface area contributed by atoms with Crippen molar-refractivity contribution in [2.24, 2.45) is 11.8 Å². The molecule has 0 aliphatic heterocycles. The summed E-state index contributed by atoms with van der Waals surface area (Å²) in [4.78, 5) is 42.9. The van der Waals surface area contributed by atoms with E-state index >= 15 is 0 Å². The first-order chi connectivity index (χ1) is 17.7. The Balaban J connectivity index is 1.10. The van der Waals surface area contributed by atoms with E-state index in [4.69, 9.17) is 0 Å². The average Bonchev–Trinajstić information content (AvgIpc) is 2.95. The first kappa shape index (κ1) is 23.3. The SMILES string of the molecule is O=C(Nc1cnc(-c2ccccc2)nc1)C1CCC(C(=O)Nc2cnc(-c3ccccc3)nc2)CC1. The molecule has 0 radical (unpaired) electrons. The van der Waals surface area contributed by atoms with E-state index in [1.54, 1.807) is 24.8 Å². The molecular weight excluding hydrogens is 452 g/mol. The topological polar surface area (TPSA) is 110 Å². The summed E-state index contributed by atoms with van der Waals surface area (Å²) in [6.07, 6.45) is 9.09. The summed E-state index contributed by atoms with van der Waals surface area (Å²) < 4.78 is 0. The Morgan fingerprint density at radius 2 is 0.889 bits per heavy atom. The van der Waals surface area contributed by atoms with Gasteiger partial charge in [-0.3, -0.25) is 9.59 Å². The van der Waals surface area contributed by atoms with Crippen LogP contribution in [-0.4, -0.2) is 31.8 Å². The number of carbonyl (C=O) groups excluding carboxylic acids is 2. The second kappa shape index (κ2) is 10.9. The highest BCUT2D eigenvalue weighted by molar-refractivity contribution is 5.94. The van der Waals surface area contributed by atoms with Crippen molar-refractivity contribution in [1.82, 2.24) is 19.9 Å². The molecule has 180 valence electrons. The van der Waals surface area contributed by atoms with Crippen LogP contribution in [0.3, 0.4) is 0 Å². The Kier molecular flexibility index (Phi) is 7.02. The molecule has 4 aromatic rings. The molecule has 2 heterocycles. The minimum absolute atomic E-state index is 0.0604. The van der Waals surface area contributed by atoms with Gasteiger partial charge in [-0.05, 0) is 25.7 Å². The van der Waals surface area contributed by atoms with Gasteiger partial charge in [-0.2, -0.15) is 0 Å². The van der Waals surface area contributed by atoms with E-state index in [1.165, 1.54) is 0 Å². The Bertz CT molecular complexity index is 1200. The molecule has 1 aliphatic carbocycles. The molecule has 2 aromatic carbocycles. The van der Waals surface area contributed by atoms with Crippen molar-refractivity contribution in [3.05, 3.63) is 85.5 Å². The van der Waals surface area contributed by atoms with Crippen LogP contribution in [0.25, 0.3) is 22.8 Å². The maximum absolute atomic E-state index is 12.8. The summed E-state index contributed by atoms with van der Waals surface area (Å²) in [5, 5.41) is 5.82. The fraction of sp³-hybridized carbons (Fsp3) is 0.214. The van der Waals surface area contributed by atoms with Crippen LogP contribution in [-0.2, 0) is 9.59 Å². The summed E-state index contributed by atoms with van der Waals surface area (Å²) >= 11 is 0. The van der Waals surface area contributed by atoms with Crippen molar-refractivity contribution in [3.63, 3.8) is 0 Å². The van der Waals surface area contributed by atoms with E-state index in [9.17, 15) is 9.59 Å². The normalized spacial score (nSPS) is 17.2. The van der Waals surface area contributed by atoms with Crippen LogP contribution in [0.1, 0.15) is 25.7 Å². The molecule has 5 rings (SSSR count). The first-order valence-electron chi connectivity index (χ1n) is 12.0. The van der Waals surface area contributed by atoms with Crippen LogP contribution < -0.4 is 10.6 Å². The zero-order chi connectivity index (χ0) is 24.7. The molecule has 0 unspecified atom stereocenters. The van der Waals surface area contributed by atoms with Crippen molar-refractivity contribution in [1.29, 1.82) is 0 Å². The fourth-order valence-corrected chi connectivity index (χ4v) is 4.36. The lowest BCUT2D eigenvalue weighted by molar-refractivity contribution is -0.125. The minimum atomic E-state index is -0.142. The van der Waals surface area contributed by atoms with Gasteiger partial charge < -0.3 is 10.6 Å². The van der Waals surface area contributed by atoms with E-state index in [0.29, 0.717) is 48.7 Å². The molecule has 1 aliphatic rings. The quantitative estimate of drug-likeness (QED) is 0.404. The van der Waals surface area contributed by atoms with Crippen LogP contribution >= 0.6 is 0 Å². The monoisotopic (exact) mass is 478 g/mol. The molecule has 2 aromatic heterocycles. The number of benzene rings is 2. The zero-order valence-corrected chi connectivity index (χ0v) is 19.7. The van der Waals surface area contributed by atoms with Crippen LogP contribution in [0.5, 0.6) is 0 Å². The van der Waals surface area contributed by atoms with Gasteiger partial charge in [0.05, 0.1) is 36.2 Å². The molecule has 8 heteroatoms. The third kappa shape index (κ3) is 5.60. The van der Waals surface area contributed by atoms with E-state index < -0.39 is 0 Å². The van der Waals surface area contributed by atoms with Crippen LogP contribution in [0.15, 0.2) is 85.5 Å². The van der Waals surface area contributed by atoms with Gasteiger partial charge in [0, 0.05) is 23.0 Å². The minimum Gasteiger partial charge on any atom is -0.323 e. The van der Waals surface area contributed by atoms with Crippen molar-refractivity contribution >= 4 is 23.2 Å². The van der Waals surface area contributed by atoms with Crippen LogP contribution in [0, 0.1) is 11.8 Å². The van der Waals surface area contributed by atoms with Gasteiger partial charge in [-0.1, -0.05) is 60.7 Å². The molecule has 1 fully saturated rings. The molecule has 1 saturated carbocycles. The number of aromatic nitrogens is 4. The second-order valence-corrected chi connectivity index (χ2v) is 8.85. The predicted molar refractivity (Wildman–Crippen MR) is 138 cm³/mol. The maximum atomic E-state index is 12.8. The van der Waals surface area contributed by atoms with Gasteiger partial charge in [0.15, 0.2) is 11.6 Å². The third-order valence-electron chi connectivity index (χ3n) is 6.37. The molecule has 0 spiro atoms. The van der Waals surface area contributed by atoms with Crippen molar-refractivity contribution in [3.8, 4) is 22.8 Å². The Hall–Kier alpha value is -4.46. The third-order valence-corrected chi connectivity index (χ3v) is 6.37. The highest BCUT2D eigenvalue weighted by Gasteiger charge is 2.30. The number of anilines is 2. The molecule has 2 N–H and O–H groups in total. The van der Waals surface area contributed by atoms with E-state index in [-0.39, 0.29) is 23.7 Å². The molecule has 0 saturated heterocycles. The summed E-state index contributed by atoms with van der Waals surface area (Å²) in [5.74, 6) is 0.817. The van der Waals surface area contributed by atoms with Crippen LogP contribution in [0.4, 0.5) is 11.4 Å². The Labute approximate surface area is 209 Å². The molecule has 2 amide bonds. The van der Waals surface area contributed by atoms with Gasteiger partial charge in [0.1, 0.15) is 0 Å². The number of carbonyl (C=O) groups is 2. The molecule has 36 heavy (non-hydrogen) atoms. The number of nitrogens with zero attached hydrogens (tertiary/aromatic N) is 4. The second-order valence-electron chi connectivity index (χ2n) is 8.85. The number of rotatable bonds is 6. The van der Waals surface area contributed by atoms with Gasteiger partial charge >= 0.3 is 0 Å². The number of hydrogen-bond acceptors (Lipinski definition) is 6. The largest absolute Gasteiger partial charge is 0.323 e. The summed E-state index contributed by atoms with van der Waals surface area (Å²) in [6, 6.07) is 19.4. The predicted octanol–water partition coefficient (Wildman–Crippen LogP) is 4.98. The zero-order valence-electron chi connectivity index (χ0n) is 19.7. The van der Waals surface area contributed by atoms with Gasteiger partial charge in [-0.15, -0.1) is 0 Å². The lowest BCUT2D eigenvalue weighted by atomic mass is 9.81. The van der Waals surface area contributed by atoms with Crippen molar-refractivity contribution < 1.29 is 9.59 Å². The molecule has 0 atom stereocenters. The van der Waals surface area contributed by atoms with Crippen LogP contribution in [0.2, 0.25) is 0 Å².